The zero-order valence-electron chi connectivity index (χ0n) is 63.6. The van der Waals surface area contributed by atoms with Crippen molar-refractivity contribution in [3.05, 3.63) is 207 Å². The van der Waals surface area contributed by atoms with E-state index in [4.69, 9.17) is 37.0 Å². The molecular weight excluding hydrogens is 1350 g/mol. The van der Waals surface area contributed by atoms with Crippen LogP contribution in [0.3, 0.4) is 0 Å². The van der Waals surface area contributed by atoms with Gasteiger partial charge in [0.15, 0.2) is 12.2 Å². The van der Waals surface area contributed by atoms with Gasteiger partial charge in [0.2, 0.25) is 0 Å². The van der Waals surface area contributed by atoms with Crippen LogP contribution in [0.1, 0.15) is 246 Å². The van der Waals surface area contributed by atoms with Gasteiger partial charge in [0.1, 0.15) is 19.3 Å². The van der Waals surface area contributed by atoms with E-state index in [0.29, 0.717) is 32.1 Å². The van der Waals surface area contributed by atoms with Gasteiger partial charge in [0.05, 0.1) is 32.8 Å². The van der Waals surface area contributed by atoms with Crippen molar-refractivity contribution in [3.63, 3.8) is 0 Å². The smallest absolute Gasteiger partial charge is 0.462 e. The Morgan fingerprint density at radius 2 is 0.519 bits per heavy atom. The minimum Gasteiger partial charge on any atom is -0.462 e. The first-order valence-corrected chi connectivity index (χ1v) is 41.3. The molecule has 0 aliphatic carbocycles. The molecule has 0 aromatic carbocycles. The molecule has 104 heavy (non-hydrogen) atoms. The second-order valence-corrected chi connectivity index (χ2v) is 27.3. The van der Waals surface area contributed by atoms with Gasteiger partial charge < -0.3 is 33.8 Å². The fourth-order valence-corrected chi connectivity index (χ4v) is 10.7. The van der Waals surface area contributed by atoms with Gasteiger partial charge >= 0.3 is 39.5 Å². The largest absolute Gasteiger partial charge is 0.472 e. The highest BCUT2D eigenvalue weighted by Gasteiger charge is 2.30. The second kappa shape index (κ2) is 74.9. The molecular formula is C85H132O17P2. The number of carbonyl (C=O) groups is 4. The van der Waals surface area contributed by atoms with Crippen LogP contribution in [0.4, 0.5) is 0 Å². The number of aliphatic hydroxyl groups is 1. The van der Waals surface area contributed by atoms with Crippen LogP contribution in [0.2, 0.25) is 0 Å². The summed E-state index contributed by atoms with van der Waals surface area (Å²) in [5.41, 5.74) is 0. The Morgan fingerprint density at radius 3 is 0.837 bits per heavy atom. The molecule has 0 bridgehead atoms. The fourth-order valence-electron chi connectivity index (χ4n) is 9.10. The number of carbonyl (C=O) groups excluding carboxylic acids is 4. The zero-order chi connectivity index (χ0) is 76.0. The second-order valence-electron chi connectivity index (χ2n) is 24.4. The van der Waals surface area contributed by atoms with Crippen molar-refractivity contribution in [1.29, 1.82) is 0 Å². The first-order valence-electron chi connectivity index (χ1n) is 38.3. The average molecular weight is 1490 g/mol. The maximum absolute atomic E-state index is 13.1. The van der Waals surface area contributed by atoms with Crippen molar-refractivity contribution in [1.82, 2.24) is 0 Å². The predicted molar refractivity (Wildman–Crippen MR) is 426 cm³/mol. The SMILES string of the molecule is CC/C=C\C/C=C\C/C=C\C/C=C\C/C=C\CCCC(=O)OCC(COP(=O)(O)OCC(O)COP(=O)(O)OCC(COC(=O)C/C=C\C/C=C\C/C=C\C/C=C\C/C=C\CC)OC(=O)CCCCCCC/C=C\C/C=C\C/C=C\CC)OC(=O)CCCCCC/C=C\C/C=C\C/C=C\C/C=C\CC. The van der Waals surface area contributed by atoms with Crippen LogP contribution >= 0.6 is 15.6 Å². The molecule has 0 amide bonds. The Balaban J connectivity index is 5.55. The van der Waals surface area contributed by atoms with Crippen LogP contribution in [0, 0.1) is 0 Å². The van der Waals surface area contributed by atoms with Crippen molar-refractivity contribution in [2.75, 3.05) is 39.6 Å². The number of ether oxygens (including phenoxy) is 4. The van der Waals surface area contributed by atoms with Crippen LogP contribution in [-0.4, -0.2) is 96.7 Å². The zero-order valence-corrected chi connectivity index (χ0v) is 65.4. The van der Waals surface area contributed by atoms with Crippen molar-refractivity contribution < 1.29 is 80.2 Å². The lowest BCUT2D eigenvalue weighted by atomic mass is 10.1. The first-order chi connectivity index (χ1) is 50.7. The third-order valence-corrected chi connectivity index (χ3v) is 16.7. The normalized spacial score (nSPS) is 15.0. The molecule has 5 atom stereocenters. The van der Waals surface area contributed by atoms with Gasteiger partial charge in [-0.2, -0.15) is 0 Å². The summed E-state index contributed by atoms with van der Waals surface area (Å²) in [6, 6.07) is 0. The fraction of sp³-hybridized carbons (Fsp3) is 0.553. The lowest BCUT2D eigenvalue weighted by Gasteiger charge is -2.21. The molecule has 0 aliphatic heterocycles. The summed E-state index contributed by atoms with van der Waals surface area (Å²) in [5, 5.41) is 10.6. The Kier molecular flexibility index (Phi) is 70.3. The van der Waals surface area contributed by atoms with Crippen molar-refractivity contribution in [3.8, 4) is 0 Å². The van der Waals surface area contributed by atoms with Gasteiger partial charge in [-0.25, -0.2) is 9.13 Å². The molecule has 0 spiro atoms. The monoisotopic (exact) mass is 1490 g/mol. The molecule has 0 aromatic heterocycles. The maximum Gasteiger partial charge on any atom is 0.472 e. The highest BCUT2D eigenvalue weighted by molar-refractivity contribution is 7.47. The predicted octanol–water partition coefficient (Wildman–Crippen LogP) is 22.3. The molecule has 19 heteroatoms. The number of hydrogen-bond donors (Lipinski definition) is 3. The van der Waals surface area contributed by atoms with Crippen molar-refractivity contribution in [2.45, 2.75) is 264 Å². The highest BCUT2D eigenvalue weighted by atomic mass is 31.2. The summed E-state index contributed by atoms with van der Waals surface area (Å²) >= 11 is 0. The molecule has 0 aliphatic rings. The molecule has 0 radical (unpaired) electrons. The minimum atomic E-state index is -5.02. The van der Waals surface area contributed by atoms with E-state index in [1.165, 1.54) is 0 Å². The number of esters is 4. The Hall–Kier alpha value is -6.36. The molecule has 584 valence electrons. The summed E-state index contributed by atoms with van der Waals surface area (Å²) in [7, 11) is -10.0. The molecule has 0 saturated carbocycles. The summed E-state index contributed by atoms with van der Waals surface area (Å²) in [5.74, 6) is -2.47. The standard InChI is InChI=1S/C85H132O17P2/c1-5-9-13-17-21-25-29-33-37-39-43-46-50-54-58-62-66-70-83(88)96-76-81(102-85(90)72-68-64-60-56-52-48-44-40-38-34-30-26-22-18-14-10-6-2)78-100-104(93,94)98-74-79(86)73-97-103(91,92)99-77-80(101-84(89)71-67-63-59-55-51-47-42-36-32-28-24-20-16-12-8-4)75-95-82(87)69-65-61-57-53-49-45-41-35-31-27-23-19-15-11-7-3/h9-16,21-28,33-38,41-44,46,48-49,53-54,58,61,65,79-81,86H,5-8,17-20,29-32,39-40,45,47,50-52,55-57,59-60,62-64,66-78H2,1-4H3,(H,91,92)(H,93,94)/b13-9-,14-10-,15-11-,16-12-,25-21-,26-22-,27-23-,28-24-,37-33-,38-34-,41-35-,42-36-,46-43-,48-44-,53-49-,58-54-,65-61-. The summed E-state index contributed by atoms with van der Waals surface area (Å²) in [6.07, 6.45) is 92.8. The van der Waals surface area contributed by atoms with E-state index in [2.05, 4.69) is 198 Å². The van der Waals surface area contributed by atoms with E-state index < -0.39 is 97.5 Å². The Labute approximate surface area is 627 Å². The topological polar surface area (TPSA) is 237 Å². The maximum atomic E-state index is 13.1. The van der Waals surface area contributed by atoms with Gasteiger partial charge in [-0.3, -0.25) is 37.3 Å². The summed E-state index contributed by atoms with van der Waals surface area (Å²) in [4.78, 5) is 72.9. The Bertz CT molecular complexity index is 2790. The van der Waals surface area contributed by atoms with E-state index in [-0.39, 0.29) is 25.7 Å². The van der Waals surface area contributed by atoms with Gasteiger partial charge in [-0.05, 0) is 161 Å². The van der Waals surface area contributed by atoms with E-state index in [0.717, 1.165) is 161 Å². The molecule has 0 saturated heterocycles. The van der Waals surface area contributed by atoms with Crippen molar-refractivity contribution in [2.24, 2.45) is 0 Å². The van der Waals surface area contributed by atoms with E-state index in [1.54, 1.807) is 6.08 Å². The molecule has 0 heterocycles. The van der Waals surface area contributed by atoms with E-state index >= 15 is 0 Å². The Morgan fingerprint density at radius 1 is 0.279 bits per heavy atom. The number of unbranched alkanes of at least 4 members (excludes halogenated alkanes) is 10. The molecule has 17 nitrogen and oxygen atoms in total. The molecule has 5 unspecified atom stereocenters. The van der Waals surface area contributed by atoms with Gasteiger partial charge in [0, 0.05) is 19.3 Å². The third kappa shape index (κ3) is 73.9. The van der Waals surface area contributed by atoms with Crippen LogP contribution in [0.25, 0.3) is 0 Å². The number of aliphatic hydroxyl groups excluding tert-OH is 1. The van der Waals surface area contributed by atoms with Crippen LogP contribution in [0.15, 0.2) is 207 Å². The third-order valence-electron chi connectivity index (χ3n) is 14.8. The highest BCUT2D eigenvalue weighted by Crippen LogP contribution is 2.45. The summed E-state index contributed by atoms with van der Waals surface area (Å²) in [6.45, 7) is 4.14. The summed E-state index contributed by atoms with van der Waals surface area (Å²) < 4.78 is 68.3. The van der Waals surface area contributed by atoms with Crippen LogP contribution < -0.4 is 0 Å². The lowest BCUT2D eigenvalue weighted by Crippen LogP contribution is -2.30. The van der Waals surface area contributed by atoms with Gasteiger partial charge in [-0.15, -0.1) is 0 Å². The van der Waals surface area contributed by atoms with Crippen molar-refractivity contribution >= 4 is 39.5 Å². The number of allylic oxidation sites excluding steroid dienone is 33. The number of phosphoric ester groups is 2. The minimum absolute atomic E-state index is 0.0430. The molecule has 3 N–H and O–H groups in total. The van der Waals surface area contributed by atoms with E-state index in [1.807, 2.05) is 30.4 Å². The lowest BCUT2D eigenvalue weighted by molar-refractivity contribution is -0.161. The first kappa shape index (κ1) is 97.6. The average Bonchev–Trinajstić information content (AvgIpc) is 0.926. The quantitative estimate of drug-likeness (QED) is 0.0169. The van der Waals surface area contributed by atoms with E-state index in [9.17, 15) is 43.2 Å². The molecule has 0 rings (SSSR count). The van der Waals surface area contributed by atoms with Crippen LogP contribution in [-0.2, 0) is 65.4 Å². The number of hydrogen-bond acceptors (Lipinski definition) is 15. The number of phosphoric acid groups is 2. The molecule has 0 fully saturated rings. The van der Waals surface area contributed by atoms with Gasteiger partial charge in [0.25, 0.3) is 0 Å². The van der Waals surface area contributed by atoms with Gasteiger partial charge in [-0.1, -0.05) is 266 Å². The van der Waals surface area contributed by atoms with Crippen LogP contribution in [0.5, 0.6) is 0 Å². The molecule has 0 aromatic rings. The number of rotatable bonds is 69.